The SMILES string of the molecule is Cn1cnc2c(N3CCN(CCc4cccs4)CC3)ncnc21. The van der Waals surface area contributed by atoms with E-state index >= 15 is 0 Å². The van der Waals surface area contributed by atoms with Crippen LogP contribution in [0.4, 0.5) is 5.82 Å². The molecule has 1 aliphatic heterocycles. The third kappa shape index (κ3) is 2.94. The van der Waals surface area contributed by atoms with Gasteiger partial charge in [0.05, 0.1) is 6.33 Å². The van der Waals surface area contributed by atoms with Crippen LogP contribution in [-0.4, -0.2) is 57.1 Å². The Morgan fingerprint density at radius 2 is 2.00 bits per heavy atom. The number of hydrogen-bond donors (Lipinski definition) is 0. The first kappa shape index (κ1) is 14.6. The average molecular weight is 328 g/mol. The van der Waals surface area contributed by atoms with Gasteiger partial charge < -0.3 is 9.47 Å². The molecule has 1 fully saturated rings. The standard InChI is InChI=1S/C16H20N6S/c1-20-12-19-14-15(20)17-11-18-16(14)22-8-6-21(7-9-22)5-4-13-3-2-10-23-13/h2-3,10-12H,4-9H2,1H3. The number of imidazole rings is 1. The number of thiophene rings is 1. The van der Waals surface area contributed by atoms with Gasteiger partial charge in [0.1, 0.15) is 6.33 Å². The van der Waals surface area contributed by atoms with Crippen molar-refractivity contribution in [2.45, 2.75) is 6.42 Å². The van der Waals surface area contributed by atoms with Crippen molar-refractivity contribution >= 4 is 28.3 Å². The largest absolute Gasteiger partial charge is 0.352 e. The molecule has 0 radical (unpaired) electrons. The summed E-state index contributed by atoms with van der Waals surface area (Å²) in [5.41, 5.74) is 1.80. The van der Waals surface area contributed by atoms with E-state index in [1.807, 2.05) is 23.0 Å². The van der Waals surface area contributed by atoms with Gasteiger partial charge in [0.2, 0.25) is 0 Å². The van der Waals surface area contributed by atoms with E-state index in [1.54, 1.807) is 12.7 Å². The van der Waals surface area contributed by atoms with Gasteiger partial charge >= 0.3 is 0 Å². The monoisotopic (exact) mass is 328 g/mol. The van der Waals surface area contributed by atoms with E-state index in [2.05, 4.69) is 42.3 Å². The number of fused-ring (bicyclic) bond motifs is 1. The molecule has 3 aromatic heterocycles. The lowest BCUT2D eigenvalue weighted by Crippen LogP contribution is -2.47. The molecule has 0 aromatic carbocycles. The molecule has 1 aliphatic rings. The van der Waals surface area contributed by atoms with Crippen LogP contribution >= 0.6 is 11.3 Å². The fourth-order valence-corrected chi connectivity index (χ4v) is 3.77. The van der Waals surface area contributed by atoms with Crippen LogP contribution in [0.25, 0.3) is 11.2 Å². The number of aromatic nitrogens is 4. The zero-order valence-electron chi connectivity index (χ0n) is 13.2. The topological polar surface area (TPSA) is 50.1 Å². The Bertz CT molecular complexity index is 773. The first-order valence-corrected chi connectivity index (χ1v) is 8.81. The molecular weight excluding hydrogens is 308 g/mol. The lowest BCUT2D eigenvalue weighted by Gasteiger charge is -2.35. The molecule has 0 N–H and O–H groups in total. The van der Waals surface area contributed by atoms with Crippen LogP contribution in [0.3, 0.4) is 0 Å². The van der Waals surface area contributed by atoms with Gasteiger partial charge in [-0.05, 0) is 17.9 Å². The van der Waals surface area contributed by atoms with E-state index in [0.717, 1.165) is 56.1 Å². The summed E-state index contributed by atoms with van der Waals surface area (Å²) in [6.07, 6.45) is 4.60. The number of piperazine rings is 1. The van der Waals surface area contributed by atoms with Gasteiger partial charge in [-0.15, -0.1) is 11.3 Å². The summed E-state index contributed by atoms with van der Waals surface area (Å²) in [5, 5.41) is 2.15. The molecular formula is C16H20N6S. The lowest BCUT2D eigenvalue weighted by molar-refractivity contribution is 0.261. The molecule has 0 spiro atoms. The molecule has 120 valence electrons. The Hall–Kier alpha value is -1.99. The highest BCUT2D eigenvalue weighted by Gasteiger charge is 2.21. The van der Waals surface area contributed by atoms with Crippen molar-refractivity contribution in [3.8, 4) is 0 Å². The van der Waals surface area contributed by atoms with Gasteiger partial charge in [0.15, 0.2) is 17.0 Å². The Morgan fingerprint density at radius 3 is 2.78 bits per heavy atom. The average Bonchev–Trinajstić information content (AvgIpc) is 3.24. The Morgan fingerprint density at radius 1 is 1.13 bits per heavy atom. The van der Waals surface area contributed by atoms with Crippen LogP contribution in [0.1, 0.15) is 4.88 Å². The summed E-state index contributed by atoms with van der Waals surface area (Å²) < 4.78 is 1.94. The minimum absolute atomic E-state index is 0.898. The Kier molecular flexibility index (Phi) is 3.97. The molecule has 6 nitrogen and oxygen atoms in total. The number of aryl methyl sites for hydroxylation is 1. The minimum Gasteiger partial charge on any atom is -0.352 e. The van der Waals surface area contributed by atoms with Gasteiger partial charge in [-0.3, -0.25) is 4.90 Å². The second kappa shape index (κ2) is 6.25. The van der Waals surface area contributed by atoms with Crippen LogP contribution < -0.4 is 4.90 Å². The Balaban J connectivity index is 1.40. The molecule has 0 amide bonds. The first-order chi connectivity index (χ1) is 11.3. The van der Waals surface area contributed by atoms with Crippen molar-refractivity contribution in [2.24, 2.45) is 7.05 Å². The van der Waals surface area contributed by atoms with Gasteiger partial charge in [-0.1, -0.05) is 6.07 Å². The number of hydrogen-bond acceptors (Lipinski definition) is 6. The number of nitrogens with zero attached hydrogens (tertiary/aromatic N) is 6. The summed E-state index contributed by atoms with van der Waals surface area (Å²) in [6.45, 7) is 5.27. The summed E-state index contributed by atoms with van der Waals surface area (Å²) in [5.74, 6) is 0.966. The van der Waals surface area contributed by atoms with Crippen LogP contribution in [0.5, 0.6) is 0 Å². The maximum absolute atomic E-state index is 4.48. The smallest absolute Gasteiger partial charge is 0.165 e. The van der Waals surface area contributed by atoms with Crippen molar-refractivity contribution in [3.63, 3.8) is 0 Å². The number of anilines is 1. The number of rotatable bonds is 4. The molecule has 0 unspecified atom stereocenters. The summed E-state index contributed by atoms with van der Waals surface area (Å²) in [4.78, 5) is 19.6. The molecule has 4 rings (SSSR count). The highest BCUT2D eigenvalue weighted by atomic mass is 32.1. The first-order valence-electron chi connectivity index (χ1n) is 7.93. The normalized spacial score (nSPS) is 16.3. The van der Waals surface area contributed by atoms with Crippen molar-refractivity contribution in [1.29, 1.82) is 0 Å². The van der Waals surface area contributed by atoms with Crippen LogP contribution in [-0.2, 0) is 13.5 Å². The minimum atomic E-state index is 0.898. The van der Waals surface area contributed by atoms with E-state index < -0.39 is 0 Å². The van der Waals surface area contributed by atoms with Crippen molar-refractivity contribution in [1.82, 2.24) is 24.4 Å². The fraction of sp³-hybridized carbons (Fsp3) is 0.438. The van der Waals surface area contributed by atoms with Gasteiger partial charge in [0, 0.05) is 44.6 Å². The third-order valence-corrected chi connectivity index (χ3v) is 5.34. The molecule has 0 bridgehead atoms. The summed E-state index contributed by atoms with van der Waals surface area (Å²) in [6, 6.07) is 4.35. The zero-order chi connectivity index (χ0) is 15.6. The zero-order valence-corrected chi connectivity index (χ0v) is 14.0. The highest BCUT2D eigenvalue weighted by Crippen LogP contribution is 2.22. The lowest BCUT2D eigenvalue weighted by atomic mass is 10.2. The molecule has 4 heterocycles. The van der Waals surface area contributed by atoms with E-state index in [1.165, 1.54) is 4.88 Å². The van der Waals surface area contributed by atoms with E-state index in [-0.39, 0.29) is 0 Å². The Labute approximate surface area is 139 Å². The van der Waals surface area contributed by atoms with Crippen molar-refractivity contribution < 1.29 is 0 Å². The summed E-state index contributed by atoms with van der Waals surface area (Å²) >= 11 is 1.85. The predicted octanol–water partition coefficient (Wildman–Crippen LogP) is 1.79. The molecule has 23 heavy (non-hydrogen) atoms. The second-order valence-electron chi connectivity index (χ2n) is 5.88. The van der Waals surface area contributed by atoms with Gasteiger partial charge in [0.25, 0.3) is 0 Å². The highest BCUT2D eigenvalue weighted by molar-refractivity contribution is 7.09. The molecule has 7 heteroatoms. The second-order valence-corrected chi connectivity index (χ2v) is 6.92. The van der Waals surface area contributed by atoms with Crippen molar-refractivity contribution in [2.75, 3.05) is 37.6 Å². The molecule has 3 aromatic rings. The predicted molar refractivity (Wildman–Crippen MR) is 93.0 cm³/mol. The van der Waals surface area contributed by atoms with E-state index in [4.69, 9.17) is 0 Å². The van der Waals surface area contributed by atoms with Crippen LogP contribution in [0, 0.1) is 0 Å². The molecule has 0 aliphatic carbocycles. The van der Waals surface area contributed by atoms with Gasteiger partial charge in [-0.25, -0.2) is 15.0 Å². The van der Waals surface area contributed by atoms with Crippen molar-refractivity contribution in [3.05, 3.63) is 35.0 Å². The fourth-order valence-electron chi connectivity index (χ4n) is 3.07. The van der Waals surface area contributed by atoms with E-state index in [0.29, 0.717) is 0 Å². The third-order valence-electron chi connectivity index (χ3n) is 4.40. The summed E-state index contributed by atoms with van der Waals surface area (Å²) in [7, 11) is 1.97. The quantitative estimate of drug-likeness (QED) is 0.731. The van der Waals surface area contributed by atoms with Gasteiger partial charge in [-0.2, -0.15) is 0 Å². The van der Waals surface area contributed by atoms with Crippen LogP contribution in [0.2, 0.25) is 0 Å². The molecule has 0 saturated carbocycles. The molecule has 0 atom stereocenters. The molecule has 1 saturated heterocycles. The van der Waals surface area contributed by atoms with Crippen LogP contribution in [0.15, 0.2) is 30.2 Å². The van der Waals surface area contributed by atoms with E-state index in [9.17, 15) is 0 Å². The maximum atomic E-state index is 4.48. The maximum Gasteiger partial charge on any atom is 0.165 e.